The van der Waals surface area contributed by atoms with Crippen LogP contribution in [0.3, 0.4) is 0 Å². The minimum absolute atomic E-state index is 0.416. The van der Waals surface area contributed by atoms with Crippen molar-refractivity contribution in [3.63, 3.8) is 0 Å². The number of rotatable bonds is 6. The molecule has 1 heterocycles. The highest BCUT2D eigenvalue weighted by Crippen LogP contribution is 2.23. The summed E-state index contributed by atoms with van der Waals surface area (Å²) < 4.78 is 6.87. The molecule has 21 heavy (non-hydrogen) atoms. The average molecular weight is 350 g/mol. The van der Waals surface area contributed by atoms with E-state index in [1.54, 1.807) is 0 Å². The molecule has 112 valence electrons. The van der Waals surface area contributed by atoms with Crippen molar-refractivity contribution < 1.29 is 4.74 Å². The second kappa shape index (κ2) is 7.52. The van der Waals surface area contributed by atoms with Gasteiger partial charge in [0.1, 0.15) is 6.61 Å². The third kappa shape index (κ3) is 3.80. The van der Waals surface area contributed by atoms with Crippen LogP contribution >= 0.6 is 15.9 Å². The summed E-state index contributed by atoms with van der Waals surface area (Å²) in [5, 5.41) is 8.47. The molecule has 0 aliphatic heterocycles. The fourth-order valence-corrected chi connectivity index (χ4v) is 2.78. The smallest absolute Gasteiger partial charge is 0.238 e. The first-order valence-electron chi connectivity index (χ1n) is 7.14. The van der Waals surface area contributed by atoms with Gasteiger partial charge in [0.2, 0.25) is 5.88 Å². The molecule has 2 rings (SSSR count). The van der Waals surface area contributed by atoms with Crippen molar-refractivity contribution >= 4 is 15.9 Å². The molecule has 0 saturated heterocycles. The van der Waals surface area contributed by atoms with Gasteiger partial charge in [-0.15, -0.1) is 5.10 Å². The Bertz CT molecular complexity index is 616. The van der Waals surface area contributed by atoms with Crippen molar-refractivity contribution in [2.75, 3.05) is 0 Å². The second-order valence-corrected chi connectivity index (χ2v) is 5.65. The highest BCUT2D eigenvalue weighted by atomic mass is 79.9. The van der Waals surface area contributed by atoms with Crippen LogP contribution in [0.5, 0.6) is 5.88 Å². The van der Waals surface area contributed by atoms with Gasteiger partial charge in [0, 0.05) is 16.6 Å². The first-order chi connectivity index (χ1) is 10.2. The summed E-state index contributed by atoms with van der Waals surface area (Å²) in [4.78, 5) is 0. The van der Waals surface area contributed by atoms with Gasteiger partial charge in [-0.25, -0.2) is 0 Å². The van der Waals surface area contributed by atoms with Crippen LogP contribution in [0.1, 0.15) is 36.2 Å². The van der Waals surface area contributed by atoms with E-state index >= 15 is 0 Å². The van der Waals surface area contributed by atoms with Crippen LogP contribution in [0.2, 0.25) is 0 Å². The molecule has 2 aromatic rings. The van der Waals surface area contributed by atoms with E-state index in [4.69, 9.17) is 10.5 Å². The number of aromatic nitrogens is 2. The fraction of sp³-hybridized carbons (Fsp3) is 0.375. The quantitative estimate of drug-likeness (QED) is 0.867. The summed E-state index contributed by atoms with van der Waals surface area (Å²) in [6.45, 7) is 5.05. The Balaban J connectivity index is 2.23. The zero-order valence-corrected chi connectivity index (χ0v) is 14.0. The van der Waals surface area contributed by atoms with Crippen LogP contribution < -0.4 is 10.5 Å². The van der Waals surface area contributed by atoms with Crippen LogP contribution in [0, 0.1) is 0 Å². The molecule has 0 amide bonds. The van der Waals surface area contributed by atoms with E-state index in [9.17, 15) is 0 Å². The topological polar surface area (TPSA) is 61.0 Å². The Labute approximate surface area is 133 Å². The number of hydrogen-bond donors (Lipinski definition) is 1. The number of halogens is 1. The first-order valence-corrected chi connectivity index (χ1v) is 7.93. The van der Waals surface area contributed by atoms with Gasteiger partial charge in [0.25, 0.3) is 0 Å². The largest absolute Gasteiger partial charge is 0.471 e. The third-order valence-corrected chi connectivity index (χ3v) is 3.88. The Morgan fingerprint density at radius 3 is 2.57 bits per heavy atom. The van der Waals surface area contributed by atoms with Gasteiger partial charge in [-0.05, 0) is 36.1 Å². The summed E-state index contributed by atoms with van der Waals surface area (Å²) in [5.74, 6) is 0.548. The normalized spacial score (nSPS) is 10.7. The molecule has 0 bridgehead atoms. The molecule has 0 spiro atoms. The predicted molar refractivity (Wildman–Crippen MR) is 87.2 cm³/mol. The number of benzene rings is 1. The van der Waals surface area contributed by atoms with Gasteiger partial charge < -0.3 is 10.5 Å². The molecular weight excluding hydrogens is 330 g/mol. The molecule has 2 N–H and O–H groups in total. The van der Waals surface area contributed by atoms with Gasteiger partial charge in [0.15, 0.2) is 0 Å². The van der Waals surface area contributed by atoms with Crippen molar-refractivity contribution in [3.8, 4) is 5.88 Å². The molecule has 0 unspecified atom stereocenters. The van der Waals surface area contributed by atoms with Crippen molar-refractivity contribution in [3.05, 3.63) is 51.1 Å². The van der Waals surface area contributed by atoms with E-state index in [-0.39, 0.29) is 0 Å². The van der Waals surface area contributed by atoms with E-state index in [0.717, 1.165) is 34.1 Å². The molecule has 0 fully saturated rings. The number of hydrogen-bond acceptors (Lipinski definition) is 4. The average Bonchev–Trinajstić information content (AvgIpc) is 2.51. The highest BCUT2D eigenvalue weighted by molar-refractivity contribution is 9.10. The van der Waals surface area contributed by atoms with Crippen molar-refractivity contribution in [2.45, 2.75) is 39.8 Å². The fourth-order valence-electron chi connectivity index (χ4n) is 2.34. The molecular formula is C16H20BrN3O. The Morgan fingerprint density at radius 1 is 1.14 bits per heavy atom. The molecule has 0 saturated carbocycles. The van der Waals surface area contributed by atoms with E-state index < -0.39 is 0 Å². The molecule has 5 heteroatoms. The second-order valence-electron chi connectivity index (χ2n) is 4.74. The van der Waals surface area contributed by atoms with Gasteiger partial charge in [-0.2, -0.15) is 5.10 Å². The number of ether oxygens (including phenoxy) is 1. The molecule has 1 aromatic heterocycles. The molecule has 0 aliphatic rings. The molecule has 1 aromatic carbocycles. The third-order valence-electron chi connectivity index (χ3n) is 3.39. The minimum atomic E-state index is 0.416. The van der Waals surface area contributed by atoms with E-state index in [2.05, 4.69) is 40.0 Å². The van der Waals surface area contributed by atoms with Crippen LogP contribution in [-0.2, 0) is 26.0 Å². The Hall–Kier alpha value is -1.46. The lowest BCUT2D eigenvalue weighted by atomic mass is 10.0. The van der Waals surface area contributed by atoms with Gasteiger partial charge in [-0.1, -0.05) is 41.9 Å². The van der Waals surface area contributed by atoms with Crippen molar-refractivity contribution in [2.24, 2.45) is 5.73 Å². The lowest BCUT2D eigenvalue weighted by Gasteiger charge is -2.14. The summed E-state index contributed by atoms with van der Waals surface area (Å²) in [6, 6.07) is 8.01. The van der Waals surface area contributed by atoms with Crippen molar-refractivity contribution in [1.82, 2.24) is 10.2 Å². The first kappa shape index (κ1) is 15.9. The number of nitrogens with zero attached hydrogens (tertiary/aromatic N) is 2. The monoisotopic (exact) mass is 349 g/mol. The van der Waals surface area contributed by atoms with Gasteiger partial charge in [-0.3, -0.25) is 0 Å². The summed E-state index contributed by atoms with van der Waals surface area (Å²) in [7, 11) is 0. The zero-order chi connectivity index (χ0) is 15.2. The lowest BCUT2D eigenvalue weighted by molar-refractivity contribution is 0.285. The van der Waals surface area contributed by atoms with Gasteiger partial charge >= 0.3 is 0 Å². The van der Waals surface area contributed by atoms with Crippen LogP contribution in [-0.4, -0.2) is 10.2 Å². The maximum Gasteiger partial charge on any atom is 0.238 e. The minimum Gasteiger partial charge on any atom is -0.471 e. The maximum absolute atomic E-state index is 5.89. The van der Waals surface area contributed by atoms with E-state index in [0.29, 0.717) is 19.0 Å². The van der Waals surface area contributed by atoms with E-state index in [1.165, 1.54) is 5.56 Å². The predicted octanol–water partition coefficient (Wildman–Crippen LogP) is 3.40. The molecule has 0 atom stereocenters. The summed E-state index contributed by atoms with van der Waals surface area (Å²) in [6.07, 6.45) is 1.74. The standard InChI is InChI=1S/C16H20BrN3O/c1-3-13-14(9-18)16(20-19-15(13)4-2)21-10-11-6-5-7-12(17)8-11/h5-8H,3-4,9-10,18H2,1-2H3. The molecule has 0 radical (unpaired) electrons. The molecule has 0 aliphatic carbocycles. The van der Waals surface area contributed by atoms with Crippen LogP contribution in [0.25, 0.3) is 0 Å². The van der Waals surface area contributed by atoms with E-state index in [1.807, 2.05) is 24.3 Å². The maximum atomic E-state index is 5.89. The number of nitrogens with two attached hydrogens (primary N) is 1. The Morgan fingerprint density at radius 2 is 1.95 bits per heavy atom. The lowest BCUT2D eigenvalue weighted by Crippen LogP contribution is -2.12. The Kier molecular flexibility index (Phi) is 5.70. The molecule has 4 nitrogen and oxygen atoms in total. The highest BCUT2D eigenvalue weighted by Gasteiger charge is 2.14. The van der Waals surface area contributed by atoms with Crippen LogP contribution in [0.15, 0.2) is 28.7 Å². The zero-order valence-electron chi connectivity index (χ0n) is 12.4. The van der Waals surface area contributed by atoms with Crippen LogP contribution in [0.4, 0.5) is 0 Å². The SMILES string of the molecule is CCc1nnc(OCc2cccc(Br)c2)c(CN)c1CC. The van der Waals surface area contributed by atoms with Crippen molar-refractivity contribution in [1.29, 1.82) is 0 Å². The number of aryl methyl sites for hydroxylation is 1. The van der Waals surface area contributed by atoms with Gasteiger partial charge in [0.05, 0.1) is 5.69 Å². The summed E-state index contributed by atoms with van der Waals surface area (Å²) in [5.41, 5.74) is 10.1. The summed E-state index contributed by atoms with van der Waals surface area (Å²) >= 11 is 3.45.